The Balaban J connectivity index is 0.000000112. The smallest absolute Gasteiger partial charge is 0.238 e. The van der Waals surface area contributed by atoms with E-state index < -0.39 is 0 Å². The third kappa shape index (κ3) is 13.8. The molecule has 5 aromatic heterocycles. The molecule has 0 amide bonds. The number of fused-ring (bicyclic) bond motifs is 21. The lowest BCUT2D eigenvalue weighted by atomic mass is 9.73. The highest BCUT2D eigenvalue weighted by atomic mass is 16.5. The Morgan fingerprint density at radius 3 is 0.942 bits per heavy atom. The lowest BCUT2D eigenvalue weighted by Crippen LogP contribution is -2.23. The first-order valence-corrected chi connectivity index (χ1v) is 46.6. The summed E-state index contributed by atoms with van der Waals surface area (Å²) < 4.78 is 11.0. The Morgan fingerprint density at radius 2 is 0.518 bits per heavy atom. The van der Waals surface area contributed by atoms with Crippen LogP contribution in [0.1, 0.15) is 83.6 Å². The fourth-order valence-electron chi connectivity index (χ4n) is 21.2. The third-order valence-electron chi connectivity index (χ3n) is 27.8. The van der Waals surface area contributed by atoms with Crippen molar-refractivity contribution in [1.82, 2.24) is 54.0 Å². The van der Waals surface area contributed by atoms with Crippen molar-refractivity contribution in [3.05, 3.63) is 462 Å². The molecule has 654 valence electrons. The van der Waals surface area contributed by atoms with Crippen LogP contribution in [-0.2, 0) is 10.8 Å². The van der Waals surface area contributed by atoms with Crippen molar-refractivity contribution in [2.45, 2.75) is 66.2 Å². The molecule has 0 N–H and O–H groups in total. The van der Waals surface area contributed by atoms with Gasteiger partial charge in [-0.1, -0.05) is 386 Å². The molecular formula is C123H91N13O. The average Bonchev–Trinajstić information content (AvgIpc) is 1.52. The van der Waals surface area contributed by atoms with Crippen LogP contribution < -0.4 is 14.5 Å². The number of benzene rings is 16. The average molecular weight is 1770 g/mol. The zero-order valence-corrected chi connectivity index (χ0v) is 76.9. The summed E-state index contributed by atoms with van der Waals surface area (Å²) in [4.78, 5) is 50.7. The minimum Gasteiger partial charge on any atom is -0.456 e. The Kier molecular flexibility index (Phi) is 20.1. The molecule has 0 saturated carbocycles. The van der Waals surface area contributed by atoms with Crippen molar-refractivity contribution in [2.24, 2.45) is 0 Å². The number of allylic oxidation sites excluding steroid dienone is 2. The molecule has 0 radical (unpaired) electrons. The summed E-state index contributed by atoms with van der Waals surface area (Å²) in [6.07, 6.45) is 0. The number of ether oxygens (including phenoxy) is 1. The van der Waals surface area contributed by atoms with E-state index in [1.807, 2.05) is 182 Å². The van der Waals surface area contributed by atoms with Crippen LogP contribution in [0.25, 0.3) is 169 Å². The highest BCUT2D eigenvalue weighted by Gasteiger charge is 2.51. The first-order valence-electron chi connectivity index (χ1n) is 46.6. The van der Waals surface area contributed by atoms with Crippen molar-refractivity contribution in [2.75, 3.05) is 9.80 Å². The quantitative estimate of drug-likeness (QED) is 0.129. The fraction of sp³-hybridized carbons (Fsp3) is 0.0813. The van der Waals surface area contributed by atoms with Crippen LogP contribution in [0.3, 0.4) is 0 Å². The van der Waals surface area contributed by atoms with Gasteiger partial charge in [0.2, 0.25) is 17.8 Å². The zero-order chi connectivity index (χ0) is 92.3. The Bertz CT molecular complexity index is 8190. The van der Waals surface area contributed by atoms with E-state index in [0.717, 1.165) is 118 Å². The number of anilines is 4. The molecule has 2 aliphatic carbocycles. The first kappa shape index (κ1) is 82.6. The van der Waals surface area contributed by atoms with Gasteiger partial charge < -0.3 is 9.30 Å². The van der Waals surface area contributed by atoms with Gasteiger partial charge in [-0.2, -0.15) is 29.9 Å². The molecule has 0 bridgehead atoms. The topological polar surface area (TPSA) is 142 Å². The number of para-hydroxylation sites is 5. The van der Waals surface area contributed by atoms with Crippen LogP contribution >= 0.6 is 0 Å². The summed E-state index contributed by atoms with van der Waals surface area (Å²) in [5.74, 6) is 7.32. The monoisotopic (exact) mass is 1770 g/mol. The maximum absolute atomic E-state index is 6.49. The highest BCUT2D eigenvalue weighted by molar-refractivity contribution is 6.21. The van der Waals surface area contributed by atoms with Crippen LogP contribution in [-0.4, -0.2) is 54.0 Å². The molecule has 26 rings (SSSR count). The minimum atomic E-state index is -0.263. The molecule has 137 heavy (non-hydrogen) atoms. The molecule has 14 heteroatoms. The van der Waals surface area contributed by atoms with E-state index in [9.17, 15) is 0 Å². The maximum atomic E-state index is 6.49. The lowest BCUT2D eigenvalue weighted by molar-refractivity contribution is 0.488. The number of aromatic nitrogens is 11. The molecule has 16 aromatic carbocycles. The summed E-state index contributed by atoms with van der Waals surface area (Å²) in [5, 5.41) is 2.42. The Morgan fingerprint density at radius 1 is 0.226 bits per heavy atom. The summed E-state index contributed by atoms with van der Waals surface area (Å²) in [6.45, 7) is 18.2. The fourth-order valence-corrected chi connectivity index (χ4v) is 21.2. The van der Waals surface area contributed by atoms with Crippen LogP contribution in [0.4, 0.5) is 23.3 Å². The standard InChI is InChI=1S/C43H31N5.C43H34N4.C37H26N4O/c1-28-29(2)47(32-20-10-5-11-21-32)38-27-26-34-33-22-12-14-24-36(33)48(37-25-15-13-23-35(37)40(34)39(28)38)43-45-41(30-16-6-3-7-17-30)44-42(46-43)31-18-8-4-9-19-31;1-42(2)33-25-15-13-23-31(33)37-35(42)29-21-11-12-22-30(29)36-38(32-24-14-16-26-34(32)43(36,3)4)47(37)41-45-39(27-17-7-5-8-18-27)44-40(46-41)28-19-9-6-10-20-28;1-23-24(2)41(37-39-35(25-13-5-3-6-14-25)38-36(40-37)26-15-7-4-8-16-26)30-22-21-28-27-17-9-11-19-31(27)42-32-20-12-10-18-29(32)34(28)33(23)30/h3-27H,1-2H3;5-26H,1-4H3;3-22H,1-2H3. The highest BCUT2D eigenvalue weighted by Crippen LogP contribution is 2.63. The molecule has 3 aliphatic heterocycles. The van der Waals surface area contributed by atoms with Crippen LogP contribution in [0, 0.1) is 27.7 Å². The van der Waals surface area contributed by atoms with Crippen molar-refractivity contribution in [3.8, 4) is 136 Å². The van der Waals surface area contributed by atoms with Gasteiger partial charge in [-0.05, 0) is 132 Å². The van der Waals surface area contributed by atoms with Gasteiger partial charge in [-0.3, -0.25) is 14.4 Å². The first-order chi connectivity index (χ1) is 67.2. The van der Waals surface area contributed by atoms with Crippen molar-refractivity contribution in [1.29, 1.82) is 0 Å². The van der Waals surface area contributed by atoms with E-state index in [4.69, 9.17) is 49.6 Å². The van der Waals surface area contributed by atoms with E-state index in [1.54, 1.807) is 0 Å². The van der Waals surface area contributed by atoms with Gasteiger partial charge in [-0.15, -0.1) is 0 Å². The van der Waals surface area contributed by atoms with E-state index in [-0.39, 0.29) is 10.8 Å². The van der Waals surface area contributed by atoms with E-state index >= 15 is 0 Å². The lowest BCUT2D eigenvalue weighted by Gasteiger charge is -2.29. The maximum Gasteiger partial charge on any atom is 0.238 e. The second-order valence-electron chi connectivity index (χ2n) is 36.4. The van der Waals surface area contributed by atoms with Crippen LogP contribution in [0.2, 0.25) is 0 Å². The molecular weight excluding hydrogens is 1680 g/mol. The predicted octanol–water partition coefficient (Wildman–Crippen LogP) is 30.1. The molecule has 0 spiro atoms. The third-order valence-corrected chi connectivity index (χ3v) is 27.8. The Labute approximate surface area is 795 Å². The van der Waals surface area contributed by atoms with Crippen molar-refractivity contribution < 1.29 is 4.74 Å². The van der Waals surface area contributed by atoms with E-state index in [2.05, 4.69) is 299 Å². The normalized spacial score (nSPS) is 13.5. The Hall–Kier alpha value is -17.5. The molecule has 0 fully saturated rings. The van der Waals surface area contributed by atoms with Gasteiger partial charge in [0.25, 0.3) is 0 Å². The molecule has 0 unspecified atom stereocenters. The van der Waals surface area contributed by atoms with Crippen molar-refractivity contribution >= 4 is 67.6 Å². The van der Waals surface area contributed by atoms with Gasteiger partial charge in [0, 0.05) is 117 Å². The van der Waals surface area contributed by atoms with Gasteiger partial charge >= 0.3 is 0 Å². The van der Waals surface area contributed by atoms with Crippen LogP contribution in [0.5, 0.6) is 11.5 Å². The largest absolute Gasteiger partial charge is 0.456 e. The molecule has 21 aromatic rings. The molecule has 8 heterocycles. The number of hydrogen-bond acceptors (Lipinski definition) is 12. The van der Waals surface area contributed by atoms with E-state index in [1.165, 1.54) is 88.8 Å². The number of hydrogen-bond donors (Lipinski definition) is 0. The zero-order valence-electron chi connectivity index (χ0n) is 76.9. The van der Waals surface area contributed by atoms with Gasteiger partial charge in [-0.25, -0.2) is 15.0 Å². The van der Waals surface area contributed by atoms with Gasteiger partial charge in [0.1, 0.15) is 11.5 Å². The molecule has 0 saturated heterocycles. The minimum absolute atomic E-state index is 0.263. The molecule has 14 nitrogen and oxygen atoms in total. The summed E-state index contributed by atoms with van der Waals surface area (Å²) in [5.41, 5.74) is 36.9. The van der Waals surface area contributed by atoms with Crippen molar-refractivity contribution in [3.63, 3.8) is 0 Å². The van der Waals surface area contributed by atoms with Gasteiger partial charge in [0.15, 0.2) is 34.9 Å². The van der Waals surface area contributed by atoms with Crippen LogP contribution in [0.15, 0.2) is 406 Å². The molecule has 0 atom stereocenters. The summed E-state index contributed by atoms with van der Waals surface area (Å²) in [7, 11) is 0. The SMILES string of the molecule is CC1(C)C2=C(c3ccccc31)N(c1nc(-c3ccccc3)nc(-c3ccccc3)n1)C1=C(c3ccccc32)C(C)(C)c2ccccc21.Cc1c(C)n(-c2ccccc2)c2ccc3c(c12)-c1ccccc1N(c1nc(-c2ccccc2)nc(-c2ccccc2)n1)c1ccccc1-3.Cc1c(C)n(-c2nc(-c3ccccc3)nc(-c3ccccc3)n2)c2ccc3c(c12)-c1ccccc1Oc1ccccc1-3. The van der Waals surface area contributed by atoms with E-state index in [0.29, 0.717) is 52.8 Å². The number of rotatable bonds is 10. The number of nitrogens with zero attached hydrogens (tertiary/aromatic N) is 13. The predicted molar refractivity (Wildman–Crippen MR) is 556 cm³/mol. The molecule has 5 aliphatic rings. The summed E-state index contributed by atoms with van der Waals surface area (Å²) >= 11 is 0. The number of aryl methyl sites for hydroxylation is 2. The summed E-state index contributed by atoms with van der Waals surface area (Å²) in [6, 6.07) is 141. The second kappa shape index (κ2) is 33.4. The van der Waals surface area contributed by atoms with Gasteiger partial charge in [0.05, 0.1) is 33.8 Å². The second-order valence-corrected chi connectivity index (χ2v) is 36.4.